The Morgan fingerprint density at radius 2 is 2.00 bits per heavy atom. The van der Waals surface area contributed by atoms with Crippen LogP contribution in [0.3, 0.4) is 0 Å². The van der Waals surface area contributed by atoms with Crippen LogP contribution in [-0.4, -0.2) is 18.5 Å². The average molecular weight is 259 g/mol. The summed E-state index contributed by atoms with van der Waals surface area (Å²) in [5.74, 6) is -0.607. The molecule has 2 nitrogen and oxygen atoms in total. The highest BCUT2D eigenvalue weighted by atomic mass is 32.2. The number of nitrogens with two attached hydrogens (primary N) is 1. The van der Waals surface area contributed by atoms with Gasteiger partial charge in [0.25, 0.3) is 0 Å². The minimum atomic E-state index is -0.594. The molecule has 1 aliphatic rings. The van der Waals surface area contributed by atoms with Gasteiger partial charge in [-0.3, -0.25) is 0 Å². The molecule has 1 aliphatic heterocycles. The second-order valence-corrected chi connectivity index (χ2v) is 5.14. The SMILES string of the molecule is Nc1cc(F)c(SCC2CCCCO2)c(F)c1. The Morgan fingerprint density at radius 1 is 1.29 bits per heavy atom. The van der Waals surface area contributed by atoms with Crippen LogP contribution in [0.15, 0.2) is 17.0 Å². The van der Waals surface area contributed by atoms with E-state index in [2.05, 4.69) is 0 Å². The predicted molar refractivity (Wildman–Crippen MR) is 65.1 cm³/mol. The topological polar surface area (TPSA) is 35.2 Å². The van der Waals surface area contributed by atoms with Gasteiger partial charge in [-0.1, -0.05) is 0 Å². The molecule has 5 heteroatoms. The minimum absolute atomic E-state index is 0.0355. The molecule has 1 aromatic carbocycles. The maximum atomic E-state index is 13.5. The van der Waals surface area contributed by atoms with E-state index in [4.69, 9.17) is 10.5 Å². The Morgan fingerprint density at radius 3 is 2.59 bits per heavy atom. The van der Waals surface area contributed by atoms with Crippen LogP contribution in [-0.2, 0) is 4.74 Å². The summed E-state index contributed by atoms with van der Waals surface area (Å²) in [6.45, 7) is 0.748. The number of rotatable bonds is 3. The number of anilines is 1. The number of hydrogen-bond donors (Lipinski definition) is 1. The quantitative estimate of drug-likeness (QED) is 0.668. The van der Waals surface area contributed by atoms with E-state index >= 15 is 0 Å². The fraction of sp³-hybridized carbons (Fsp3) is 0.500. The molecule has 1 unspecified atom stereocenters. The van der Waals surface area contributed by atoms with E-state index in [0.29, 0.717) is 5.75 Å². The lowest BCUT2D eigenvalue weighted by molar-refractivity contribution is 0.0315. The van der Waals surface area contributed by atoms with Crippen LogP contribution in [0.1, 0.15) is 19.3 Å². The van der Waals surface area contributed by atoms with E-state index in [1.54, 1.807) is 0 Å². The standard InChI is InChI=1S/C12H15F2NOS/c13-10-5-8(15)6-11(14)12(10)17-7-9-3-1-2-4-16-9/h5-6,9H,1-4,7,15H2. The summed E-state index contributed by atoms with van der Waals surface area (Å²) < 4.78 is 32.5. The fourth-order valence-corrected chi connectivity index (χ4v) is 2.84. The molecule has 1 fully saturated rings. The highest BCUT2D eigenvalue weighted by molar-refractivity contribution is 7.99. The van der Waals surface area contributed by atoms with Gasteiger partial charge >= 0.3 is 0 Å². The van der Waals surface area contributed by atoms with Gasteiger partial charge in [-0.05, 0) is 31.4 Å². The smallest absolute Gasteiger partial charge is 0.141 e. The Hall–Kier alpha value is -0.810. The Bertz CT molecular complexity index is 371. The fourth-order valence-electron chi connectivity index (χ4n) is 1.83. The molecule has 1 saturated heterocycles. The van der Waals surface area contributed by atoms with Gasteiger partial charge in [0, 0.05) is 18.0 Å². The molecule has 0 aliphatic carbocycles. The molecule has 0 saturated carbocycles. The molecule has 0 aromatic heterocycles. The van der Waals surface area contributed by atoms with Crippen molar-refractivity contribution in [3.63, 3.8) is 0 Å². The molecule has 2 rings (SSSR count). The van der Waals surface area contributed by atoms with E-state index in [-0.39, 0.29) is 16.7 Å². The molecule has 1 heterocycles. The highest BCUT2D eigenvalue weighted by Gasteiger charge is 2.17. The largest absolute Gasteiger partial charge is 0.399 e. The van der Waals surface area contributed by atoms with E-state index < -0.39 is 11.6 Å². The predicted octanol–water partition coefficient (Wildman–Crippen LogP) is 3.21. The van der Waals surface area contributed by atoms with Gasteiger partial charge in [0.1, 0.15) is 11.6 Å². The van der Waals surface area contributed by atoms with Crippen molar-refractivity contribution in [2.45, 2.75) is 30.3 Å². The van der Waals surface area contributed by atoms with Crippen LogP contribution in [0, 0.1) is 11.6 Å². The first-order chi connectivity index (χ1) is 8.16. The van der Waals surface area contributed by atoms with Crippen molar-refractivity contribution in [2.24, 2.45) is 0 Å². The lowest BCUT2D eigenvalue weighted by atomic mass is 10.1. The summed E-state index contributed by atoms with van der Waals surface area (Å²) in [5, 5.41) is 0. The van der Waals surface area contributed by atoms with E-state index in [9.17, 15) is 8.78 Å². The Kier molecular flexibility index (Phi) is 4.23. The first-order valence-corrected chi connectivity index (χ1v) is 6.64. The van der Waals surface area contributed by atoms with Crippen LogP contribution in [0.2, 0.25) is 0 Å². The molecule has 0 radical (unpaired) electrons. The number of thioether (sulfide) groups is 1. The number of hydrogen-bond acceptors (Lipinski definition) is 3. The Labute approximate surface area is 104 Å². The summed E-state index contributed by atoms with van der Waals surface area (Å²) in [6.07, 6.45) is 3.26. The summed E-state index contributed by atoms with van der Waals surface area (Å²) in [4.78, 5) is 0.0355. The second-order valence-electron chi connectivity index (χ2n) is 4.11. The number of halogens is 2. The molecule has 1 atom stereocenters. The van der Waals surface area contributed by atoms with Crippen LogP contribution in [0.4, 0.5) is 14.5 Å². The average Bonchev–Trinajstić information content (AvgIpc) is 2.29. The van der Waals surface area contributed by atoms with Crippen molar-refractivity contribution >= 4 is 17.4 Å². The lowest BCUT2D eigenvalue weighted by Gasteiger charge is -2.22. The molecular formula is C12H15F2NOS. The van der Waals surface area contributed by atoms with Crippen molar-refractivity contribution in [1.29, 1.82) is 0 Å². The van der Waals surface area contributed by atoms with E-state index in [0.717, 1.165) is 49.8 Å². The highest BCUT2D eigenvalue weighted by Crippen LogP contribution is 2.29. The molecule has 0 bridgehead atoms. The maximum Gasteiger partial charge on any atom is 0.141 e. The van der Waals surface area contributed by atoms with Gasteiger partial charge < -0.3 is 10.5 Å². The van der Waals surface area contributed by atoms with Gasteiger partial charge in [0.15, 0.2) is 0 Å². The summed E-state index contributed by atoms with van der Waals surface area (Å²) in [5.41, 5.74) is 5.46. The van der Waals surface area contributed by atoms with Crippen molar-refractivity contribution < 1.29 is 13.5 Å². The third-order valence-electron chi connectivity index (χ3n) is 2.71. The maximum absolute atomic E-state index is 13.5. The molecular weight excluding hydrogens is 244 g/mol. The number of nitrogen functional groups attached to an aromatic ring is 1. The van der Waals surface area contributed by atoms with E-state index in [1.165, 1.54) is 0 Å². The monoisotopic (exact) mass is 259 g/mol. The van der Waals surface area contributed by atoms with Crippen molar-refractivity contribution in [3.8, 4) is 0 Å². The second kappa shape index (κ2) is 5.69. The molecule has 17 heavy (non-hydrogen) atoms. The summed E-state index contributed by atoms with van der Waals surface area (Å²) in [6, 6.07) is 2.29. The molecule has 0 spiro atoms. The van der Waals surface area contributed by atoms with Crippen LogP contribution in [0.25, 0.3) is 0 Å². The molecule has 1 aromatic rings. The summed E-state index contributed by atoms with van der Waals surface area (Å²) in [7, 11) is 0. The first-order valence-electron chi connectivity index (χ1n) is 5.66. The van der Waals surface area contributed by atoms with Crippen LogP contribution in [0.5, 0.6) is 0 Å². The molecule has 94 valence electrons. The minimum Gasteiger partial charge on any atom is -0.399 e. The normalized spacial score (nSPS) is 20.5. The van der Waals surface area contributed by atoms with Crippen molar-refractivity contribution in [3.05, 3.63) is 23.8 Å². The number of ether oxygens (including phenoxy) is 1. The lowest BCUT2D eigenvalue weighted by Crippen LogP contribution is -2.21. The third kappa shape index (κ3) is 3.33. The third-order valence-corrected chi connectivity index (χ3v) is 3.93. The zero-order chi connectivity index (χ0) is 12.3. The van der Waals surface area contributed by atoms with Crippen LogP contribution < -0.4 is 5.73 Å². The van der Waals surface area contributed by atoms with Gasteiger partial charge in [-0.15, -0.1) is 11.8 Å². The van der Waals surface area contributed by atoms with Gasteiger partial charge in [0.05, 0.1) is 11.0 Å². The van der Waals surface area contributed by atoms with Crippen molar-refractivity contribution in [2.75, 3.05) is 18.1 Å². The molecule has 0 amide bonds. The van der Waals surface area contributed by atoms with E-state index in [1.807, 2.05) is 0 Å². The number of benzene rings is 1. The first kappa shape index (κ1) is 12.6. The van der Waals surface area contributed by atoms with Crippen LogP contribution >= 0.6 is 11.8 Å². The zero-order valence-electron chi connectivity index (χ0n) is 9.42. The zero-order valence-corrected chi connectivity index (χ0v) is 10.2. The van der Waals surface area contributed by atoms with Gasteiger partial charge in [-0.2, -0.15) is 0 Å². The van der Waals surface area contributed by atoms with Gasteiger partial charge in [0.2, 0.25) is 0 Å². The molecule has 2 N–H and O–H groups in total. The summed E-state index contributed by atoms with van der Waals surface area (Å²) >= 11 is 1.16. The van der Waals surface area contributed by atoms with Crippen molar-refractivity contribution in [1.82, 2.24) is 0 Å². The Balaban J connectivity index is 1.98. The van der Waals surface area contributed by atoms with Gasteiger partial charge in [-0.25, -0.2) is 8.78 Å².